The molecule has 0 unspecified atom stereocenters. The van der Waals surface area contributed by atoms with Crippen LogP contribution in [0.5, 0.6) is 0 Å². The Morgan fingerprint density at radius 2 is 2.16 bits per heavy atom. The van der Waals surface area contributed by atoms with Crippen molar-refractivity contribution in [2.24, 2.45) is 5.73 Å². The molecule has 2 aromatic rings. The predicted molar refractivity (Wildman–Crippen MR) is 67.9 cm³/mol. The van der Waals surface area contributed by atoms with Gasteiger partial charge in [-0.15, -0.1) is 0 Å². The van der Waals surface area contributed by atoms with Crippen LogP contribution in [0, 0.1) is 0 Å². The highest BCUT2D eigenvalue weighted by Gasteiger charge is 2.16. The zero-order valence-corrected chi connectivity index (χ0v) is 10.6. The Balaban J connectivity index is 2.52. The van der Waals surface area contributed by atoms with Gasteiger partial charge in [-0.1, -0.05) is 17.7 Å². The van der Waals surface area contributed by atoms with E-state index in [-0.39, 0.29) is 12.3 Å². The lowest BCUT2D eigenvalue weighted by Crippen LogP contribution is -2.14. The fraction of sp³-hybridized carbons (Fsp3) is 0.250. The predicted octanol–water partition coefficient (Wildman–Crippen LogP) is 2.59. The van der Waals surface area contributed by atoms with E-state index in [0.29, 0.717) is 16.1 Å². The highest BCUT2D eigenvalue weighted by Crippen LogP contribution is 2.32. The van der Waals surface area contributed by atoms with Gasteiger partial charge in [-0.25, -0.2) is 4.98 Å². The summed E-state index contributed by atoms with van der Waals surface area (Å²) in [5.74, 6) is 0. The molecule has 1 aromatic heterocycles. The number of imidazole rings is 1. The van der Waals surface area contributed by atoms with Gasteiger partial charge in [0.2, 0.25) is 0 Å². The average Bonchev–Trinajstić information content (AvgIpc) is 2.87. The number of aliphatic hydroxyl groups is 1. The molecule has 0 radical (unpaired) electrons. The Morgan fingerprint density at radius 3 is 2.79 bits per heavy atom. The van der Waals surface area contributed by atoms with Crippen molar-refractivity contribution in [2.45, 2.75) is 12.6 Å². The van der Waals surface area contributed by atoms with Gasteiger partial charge in [-0.3, -0.25) is 4.57 Å². The summed E-state index contributed by atoms with van der Waals surface area (Å²) < 4.78 is 26.4. The Hall–Kier alpha value is -1.50. The first kappa shape index (κ1) is 13.9. The van der Waals surface area contributed by atoms with Gasteiger partial charge < -0.3 is 10.8 Å². The van der Waals surface area contributed by atoms with E-state index in [4.69, 9.17) is 22.4 Å². The highest BCUT2D eigenvalue weighted by atomic mass is 35.5. The fourth-order valence-corrected chi connectivity index (χ4v) is 1.96. The van der Waals surface area contributed by atoms with E-state index in [9.17, 15) is 8.78 Å². The van der Waals surface area contributed by atoms with Gasteiger partial charge in [0.15, 0.2) is 0 Å². The molecule has 3 N–H and O–H groups in total. The first-order valence-corrected chi connectivity index (χ1v) is 5.88. The van der Waals surface area contributed by atoms with E-state index in [2.05, 4.69) is 4.98 Å². The summed E-state index contributed by atoms with van der Waals surface area (Å²) in [6.45, 7) is -2.95. The molecule has 0 amide bonds. The Morgan fingerprint density at radius 1 is 1.42 bits per heavy atom. The summed E-state index contributed by atoms with van der Waals surface area (Å²) in [6.07, 6.45) is 2.34. The first-order chi connectivity index (χ1) is 9.04. The molecule has 19 heavy (non-hydrogen) atoms. The van der Waals surface area contributed by atoms with Crippen LogP contribution in [0.3, 0.4) is 0 Å². The number of halogens is 3. The molecule has 0 fully saturated rings. The number of rotatable bonds is 4. The smallest absolute Gasteiger partial charge is 0.320 e. The average molecular weight is 288 g/mol. The fourth-order valence-electron chi connectivity index (χ4n) is 1.74. The Bertz CT molecular complexity index is 574. The number of aromatic nitrogens is 2. The SMILES string of the molecule is N[C@H](CO)c1ccc(Cl)c(-c2cncn2C(F)F)c1. The lowest BCUT2D eigenvalue weighted by Gasteiger charge is -2.13. The van der Waals surface area contributed by atoms with Gasteiger partial charge in [-0.2, -0.15) is 8.78 Å². The van der Waals surface area contributed by atoms with E-state index in [1.54, 1.807) is 18.2 Å². The summed E-state index contributed by atoms with van der Waals surface area (Å²) in [5.41, 5.74) is 6.92. The molecule has 4 nitrogen and oxygen atoms in total. The van der Waals surface area contributed by atoms with Crippen molar-refractivity contribution in [1.82, 2.24) is 9.55 Å². The summed E-state index contributed by atoms with van der Waals surface area (Å²) >= 11 is 6.02. The van der Waals surface area contributed by atoms with Gasteiger partial charge in [-0.05, 0) is 17.7 Å². The molecular formula is C12H12ClF2N3O. The largest absolute Gasteiger partial charge is 0.394 e. The molecule has 0 aliphatic carbocycles. The van der Waals surface area contributed by atoms with Crippen molar-refractivity contribution in [1.29, 1.82) is 0 Å². The van der Waals surface area contributed by atoms with Crippen LogP contribution in [0.2, 0.25) is 5.02 Å². The first-order valence-electron chi connectivity index (χ1n) is 5.51. The minimum Gasteiger partial charge on any atom is -0.394 e. The quantitative estimate of drug-likeness (QED) is 0.908. The second-order valence-corrected chi connectivity index (χ2v) is 4.40. The van der Waals surface area contributed by atoms with Gasteiger partial charge in [0, 0.05) is 10.6 Å². The summed E-state index contributed by atoms with van der Waals surface area (Å²) in [6, 6.07) is 4.21. The summed E-state index contributed by atoms with van der Waals surface area (Å²) in [4.78, 5) is 3.70. The zero-order valence-electron chi connectivity index (χ0n) is 9.80. The maximum atomic E-state index is 12.8. The number of hydrogen-bond donors (Lipinski definition) is 2. The van der Waals surface area contributed by atoms with Gasteiger partial charge in [0.25, 0.3) is 0 Å². The second kappa shape index (κ2) is 5.64. The van der Waals surface area contributed by atoms with Crippen molar-refractivity contribution in [2.75, 3.05) is 6.61 Å². The summed E-state index contributed by atoms with van der Waals surface area (Å²) in [7, 11) is 0. The molecule has 0 aliphatic rings. The maximum absolute atomic E-state index is 12.8. The van der Waals surface area contributed by atoms with Crippen molar-refractivity contribution in [3.8, 4) is 11.3 Å². The standard InChI is InChI=1S/C12H12ClF2N3O/c13-9-2-1-7(10(16)5-19)3-8(9)11-4-17-6-18(11)12(14)15/h1-4,6,10,12,19H,5,16H2/t10-/m1/s1. The van der Waals surface area contributed by atoms with Crippen LogP contribution in [0.25, 0.3) is 11.3 Å². The molecule has 7 heteroatoms. The van der Waals surface area contributed by atoms with E-state index < -0.39 is 12.6 Å². The van der Waals surface area contributed by atoms with Gasteiger partial charge >= 0.3 is 6.55 Å². The lowest BCUT2D eigenvalue weighted by atomic mass is 10.0. The number of alkyl halides is 2. The zero-order chi connectivity index (χ0) is 14.0. The number of aliphatic hydroxyl groups excluding tert-OH is 1. The number of benzene rings is 1. The van der Waals surface area contributed by atoms with Crippen molar-refractivity contribution in [3.63, 3.8) is 0 Å². The number of nitrogens with zero attached hydrogens (tertiary/aromatic N) is 2. The second-order valence-electron chi connectivity index (χ2n) is 3.99. The van der Waals surface area contributed by atoms with E-state index >= 15 is 0 Å². The molecule has 0 saturated carbocycles. The van der Waals surface area contributed by atoms with Crippen LogP contribution >= 0.6 is 11.6 Å². The van der Waals surface area contributed by atoms with Crippen LogP contribution in [0.4, 0.5) is 8.78 Å². The lowest BCUT2D eigenvalue weighted by molar-refractivity contribution is 0.0719. The third kappa shape index (κ3) is 2.75. The normalized spacial score (nSPS) is 12.9. The molecule has 0 saturated heterocycles. The Labute approximate surface area is 113 Å². The summed E-state index contributed by atoms with van der Waals surface area (Å²) in [5, 5.41) is 9.34. The van der Waals surface area contributed by atoms with Gasteiger partial charge in [0.1, 0.15) is 0 Å². The topological polar surface area (TPSA) is 64.1 Å². The van der Waals surface area contributed by atoms with E-state index in [0.717, 1.165) is 10.9 Å². The van der Waals surface area contributed by atoms with Crippen LogP contribution in [0.15, 0.2) is 30.7 Å². The molecule has 1 aromatic carbocycles. The van der Waals surface area contributed by atoms with Gasteiger partial charge in [0.05, 0.1) is 30.9 Å². The molecule has 102 valence electrons. The molecule has 0 aliphatic heterocycles. The molecule has 0 spiro atoms. The molecule has 1 heterocycles. The molecule has 0 bridgehead atoms. The third-order valence-electron chi connectivity index (χ3n) is 2.77. The number of nitrogens with two attached hydrogens (primary N) is 1. The molecule has 1 atom stereocenters. The van der Waals surface area contributed by atoms with E-state index in [1.165, 1.54) is 6.20 Å². The number of hydrogen-bond acceptors (Lipinski definition) is 3. The van der Waals surface area contributed by atoms with Crippen LogP contribution in [0.1, 0.15) is 18.2 Å². The molecule has 2 rings (SSSR count). The highest BCUT2D eigenvalue weighted by molar-refractivity contribution is 6.33. The van der Waals surface area contributed by atoms with Crippen LogP contribution < -0.4 is 5.73 Å². The van der Waals surface area contributed by atoms with Crippen LogP contribution in [-0.4, -0.2) is 21.3 Å². The monoisotopic (exact) mass is 287 g/mol. The third-order valence-corrected chi connectivity index (χ3v) is 3.10. The Kier molecular flexibility index (Phi) is 4.14. The maximum Gasteiger partial charge on any atom is 0.320 e. The van der Waals surface area contributed by atoms with Crippen molar-refractivity contribution >= 4 is 11.6 Å². The van der Waals surface area contributed by atoms with Crippen molar-refractivity contribution < 1.29 is 13.9 Å². The van der Waals surface area contributed by atoms with Crippen LogP contribution in [-0.2, 0) is 0 Å². The minimum atomic E-state index is -2.70. The van der Waals surface area contributed by atoms with Crippen molar-refractivity contribution in [3.05, 3.63) is 41.3 Å². The van der Waals surface area contributed by atoms with E-state index in [1.807, 2.05) is 0 Å². The minimum absolute atomic E-state index is 0.201. The molecular weight excluding hydrogens is 276 g/mol.